The molecule has 9 N–H and O–H groups in total. The van der Waals surface area contributed by atoms with Crippen LogP contribution in [0.2, 0.25) is 0 Å². The van der Waals surface area contributed by atoms with Crippen molar-refractivity contribution in [3.8, 4) is 0 Å². The average Bonchev–Trinajstić information content (AvgIpc) is 2.56. The molecule has 0 spiro atoms. The summed E-state index contributed by atoms with van der Waals surface area (Å²) in [5.74, 6) is 0. The summed E-state index contributed by atoms with van der Waals surface area (Å²) in [6, 6.07) is 0. The van der Waals surface area contributed by atoms with Crippen molar-refractivity contribution in [3.05, 3.63) is 0 Å². The average molecular weight is 330 g/mol. The van der Waals surface area contributed by atoms with Crippen LogP contribution in [-0.2, 0) is 9.59 Å². The Balaban J connectivity index is 0. The van der Waals surface area contributed by atoms with Crippen LogP contribution in [0.3, 0.4) is 0 Å². The molecule has 0 aliphatic heterocycles. The standard InChI is InChI=1S/C6H12O6.C5H10O5/c7-1-3(9)5(11)6(12)4(10)2-8;6-1-3(8)5(10)4(9)2-7/h1,3-6,8-12H,2H2;1,3-5,7-10H,2H2/t3-,4-,5-,6-;3-,4+,5-/m10/s1. The summed E-state index contributed by atoms with van der Waals surface area (Å²) in [6.45, 7) is -1.45. The Labute approximate surface area is 125 Å². The fourth-order valence-corrected chi connectivity index (χ4v) is 1.03. The summed E-state index contributed by atoms with van der Waals surface area (Å²) in [6.07, 6.45) is -11.5. The van der Waals surface area contributed by atoms with Crippen molar-refractivity contribution >= 4 is 12.6 Å². The fraction of sp³-hybridized carbons (Fsp3) is 0.818. The van der Waals surface area contributed by atoms with Gasteiger partial charge in [-0.05, 0) is 0 Å². The van der Waals surface area contributed by atoms with Crippen LogP contribution in [-0.4, -0.2) is 114 Å². The van der Waals surface area contributed by atoms with Gasteiger partial charge in [0.2, 0.25) is 0 Å². The second kappa shape index (κ2) is 12.5. The maximum Gasteiger partial charge on any atom is 0.151 e. The zero-order valence-electron chi connectivity index (χ0n) is 11.5. The van der Waals surface area contributed by atoms with Crippen LogP contribution in [0.15, 0.2) is 0 Å². The minimum absolute atomic E-state index is 0.0258. The lowest BCUT2D eigenvalue weighted by atomic mass is 10.0. The van der Waals surface area contributed by atoms with Crippen LogP contribution in [0, 0.1) is 0 Å². The van der Waals surface area contributed by atoms with Gasteiger partial charge >= 0.3 is 0 Å². The first-order valence-electron chi connectivity index (χ1n) is 6.06. The molecule has 0 heterocycles. The first-order valence-corrected chi connectivity index (χ1v) is 6.06. The third kappa shape index (κ3) is 8.43. The lowest BCUT2D eigenvalue weighted by Gasteiger charge is -2.22. The topological polar surface area (TPSA) is 216 Å². The van der Waals surface area contributed by atoms with Crippen LogP contribution < -0.4 is 0 Å². The van der Waals surface area contributed by atoms with Crippen molar-refractivity contribution in [2.24, 2.45) is 0 Å². The lowest BCUT2D eigenvalue weighted by Crippen LogP contribution is -2.46. The van der Waals surface area contributed by atoms with Crippen molar-refractivity contribution in [2.45, 2.75) is 42.7 Å². The molecule has 0 saturated heterocycles. The van der Waals surface area contributed by atoms with Crippen LogP contribution in [0.1, 0.15) is 0 Å². The van der Waals surface area contributed by atoms with Crippen LogP contribution in [0.25, 0.3) is 0 Å². The number of aliphatic hydroxyl groups excluding tert-OH is 9. The van der Waals surface area contributed by atoms with Crippen molar-refractivity contribution in [2.75, 3.05) is 13.2 Å². The highest BCUT2D eigenvalue weighted by Gasteiger charge is 2.29. The molecular formula is C11H22O11. The molecule has 0 aromatic carbocycles. The molecule has 132 valence electrons. The SMILES string of the molecule is O=C[C@@H](O)[C@@H](O)[C@H](O)[C@H](O)CO.O=C[C@H](O)[C@H](O)[C@H](O)CO. The Bertz CT molecular complexity index is 300. The Morgan fingerprint density at radius 1 is 0.591 bits per heavy atom. The second-order valence-corrected chi connectivity index (χ2v) is 4.22. The Morgan fingerprint density at radius 2 is 0.909 bits per heavy atom. The molecule has 0 unspecified atom stereocenters. The Hall–Kier alpha value is -1.02. The highest BCUT2D eigenvalue weighted by atomic mass is 16.4. The minimum Gasteiger partial charge on any atom is -0.394 e. The van der Waals surface area contributed by atoms with E-state index in [1.54, 1.807) is 0 Å². The summed E-state index contributed by atoms with van der Waals surface area (Å²) in [5, 5.41) is 77.6. The van der Waals surface area contributed by atoms with Crippen molar-refractivity contribution in [1.82, 2.24) is 0 Å². The van der Waals surface area contributed by atoms with Gasteiger partial charge in [0.05, 0.1) is 13.2 Å². The molecule has 0 saturated carbocycles. The van der Waals surface area contributed by atoms with E-state index in [9.17, 15) is 9.59 Å². The third-order valence-electron chi connectivity index (χ3n) is 2.49. The number of aliphatic hydroxyl groups is 9. The first kappa shape index (κ1) is 23.2. The van der Waals surface area contributed by atoms with E-state index in [-0.39, 0.29) is 12.6 Å². The van der Waals surface area contributed by atoms with Crippen molar-refractivity contribution < 1.29 is 55.5 Å². The number of carbonyl (C=O) groups is 2. The van der Waals surface area contributed by atoms with E-state index in [1.165, 1.54) is 0 Å². The van der Waals surface area contributed by atoms with E-state index in [2.05, 4.69) is 0 Å². The van der Waals surface area contributed by atoms with Gasteiger partial charge in [0.1, 0.15) is 42.7 Å². The van der Waals surface area contributed by atoms with E-state index < -0.39 is 55.9 Å². The highest BCUT2D eigenvalue weighted by Crippen LogP contribution is 2.03. The number of rotatable bonds is 9. The minimum atomic E-state index is -1.79. The number of aldehydes is 2. The van der Waals surface area contributed by atoms with Gasteiger partial charge in [-0.1, -0.05) is 0 Å². The summed E-state index contributed by atoms with van der Waals surface area (Å²) >= 11 is 0. The largest absolute Gasteiger partial charge is 0.394 e. The zero-order chi connectivity index (χ0) is 17.9. The zero-order valence-corrected chi connectivity index (χ0v) is 11.5. The van der Waals surface area contributed by atoms with E-state index in [0.717, 1.165) is 0 Å². The molecule has 0 aliphatic carbocycles. The van der Waals surface area contributed by atoms with Gasteiger partial charge in [-0.15, -0.1) is 0 Å². The van der Waals surface area contributed by atoms with Crippen LogP contribution >= 0.6 is 0 Å². The summed E-state index contributed by atoms with van der Waals surface area (Å²) < 4.78 is 0. The fourth-order valence-electron chi connectivity index (χ4n) is 1.03. The smallest absolute Gasteiger partial charge is 0.151 e. The molecule has 0 bridgehead atoms. The van der Waals surface area contributed by atoms with E-state index in [4.69, 9.17) is 46.0 Å². The van der Waals surface area contributed by atoms with Gasteiger partial charge in [-0.3, -0.25) is 0 Å². The van der Waals surface area contributed by atoms with Gasteiger partial charge in [-0.2, -0.15) is 0 Å². The molecule has 0 aromatic heterocycles. The third-order valence-corrected chi connectivity index (χ3v) is 2.49. The Kier molecular flexibility index (Phi) is 13.2. The first-order chi connectivity index (χ1) is 10.2. The number of hydrogen-bond acceptors (Lipinski definition) is 11. The van der Waals surface area contributed by atoms with E-state index in [1.807, 2.05) is 0 Å². The van der Waals surface area contributed by atoms with Crippen molar-refractivity contribution in [1.29, 1.82) is 0 Å². The monoisotopic (exact) mass is 330 g/mol. The predicted octanol–water partition coefficient (Wildman–Crippen LogP) is -6.12. The van der Waals surface area contributed by atoms with Crippen molar-refractivity contribution in [3.63, 3.8) is 0 Å². The lowest BCUT2D eigenvalue weighted by molar-refractivity contribution is -0.136. The summed E-state index contributed by atoms with van der Waals surface area (Å²) in [4.78, 5) is 19.7. The molecule has 11 heteroatoms. The van der Waals surface area contributed by atoms with Gasteiger partial charge in [0, 0.05) is 0 Å². The maximum absolute atomic E-state index is 9.90. The number of carbonyl (C=O) groups excluding carboxylic acids is 2. The summed E-state index contributed by atoms with van der Waals surface area (Å²) in [5.41, 5.74) is 0. The van der Waals surface area contributed by atoms with Crippen LogP contribution in [0.4, 0.5) is 0 Å². The van der Waals surface area contributed by atoms with E-state index >= 15 is 0 Å². The molecule has 22 heavy (non-hydrogen) atoms. The maximum atomic E-state index is 9.90. The van der Waals surface area contributed by atoms with Crippen LogP contribution in [0.5, 0.6) is 0 Å². The molecule has 7 atom stereocenters. The van der Waals surface area contributed by atoms with Gasteiger partial charge in [-0.25, -0.2) is 0 Å². The summed E-state index contributed by atoms with van der Waals surface area (Å²) in [7, 11) is 0. The van der Waals surface area contributed by atoms with Gasteiger partial charge in [0.15, 0.2) is 12.6 Å². The predicted molar refractivity (Wildman–Crippen MR) is 68.3 cm³/mol. The quantitative estimate of drug-likeness (QED) is 0.181. The Morgan fingerprint density at radius 3 is 1.23 bits per heavy atom. The second-order valence-electron chi connectivity index (χ2n) is 4.22. The number of hydrogen-bond donors (Lipinski definition) is 9. The molecular weight excluding hydrogens is 308 g/mol. The molecule has 11 nitrogen and oxygen atoms in total. The molecule has 0 rings (SSSR count). The highest BCUT2D eigenvalue weighted by molar-refractivity contribution is 5.57. The normalized spacial score (nSPS) is 20.4. The van der Waals surface area contributed by atoms with Gasteiger partial charge in [0.25, 0.3) is 0 Å². The molecule has 0 aromatic rings. The molecule has 0 amide bonds. The molecule has 0 radical (unpaired) electrons. The van der Waals surface area contributed by atoms with Gasteiger partial charge < -0.3 is 55.5 Å². The van der Waals surface area contributed by atoms with E-state index in [0.29, 0.717) is 0 Å². The molecule has 0 fully saturated rings. The molecule has 0 aliphatic rings.